The maximum absolute atomic E-state index is 6.56. The summed E-state index contributed by atoms with van der Waals surface area (Å²) in [6.45, 7) is 14.9. The largest absolute Gasteiger partial charge is 0.483 e. The standard InChI is InChI=1S/C22H33ClO/c1-7-13-22(10-4,14-8-2)24-21-12-11-19(23)16-20(21)18(6)15-17(5)9-3/h9-12,16,18H,4,7-8,13-15H2,1-3,5-6H3/b17-9+. The van der Waals surface area contributed by atoms with Gasteiger partial charge in [0.2, 0.25) is 0 Å². The van der Waals surface area contributed by atoms with Crippen LogP contribution in [0.15, 0.2) is 42.5 Å². The molecule has 134 valence electrons. The molecule has 1 unspecified atom stereocenters. The quantitative estimate of drug-likeness (QED) is 0.393. The Kier molecular flexibility index (Phi) is 8.62. The Labute approximate surface area is 153 Å². The van der Waals surface area contributed by atoms with Crippen LogP contribution in [0, 0.1) is 0 Å². The summed E-state index contributed by atoms with van der Waals surface area (Å²) < 4.78 is 6.56. The molecule has 0 N–H and O–H groups in total. The lowest BCUT2D eigenvalue weighted by Crippen LogP contribution is -2.33. The Morgan fingerprint density at radius 3 is 2.42 bits per heavy atom. The second kappa shape index (κ2) is 9.93. The zero-order valence-electron chi connectivity index (χ0n) is 16.0. The molecule has 0 saturated heterocycles. The van der Waals surface area contributed by atoms with Crippen LogP contribution in [-0.2, 0) is 0 Å². The molecule has 1 rings (SSSR count). The number of allylic oxidation sites excluding steroid dienone is 2. The average molecular weight is 349 g/mol. The van der Waals surface area contributed by atoms with Crippen molar-refractivity contribution in [2.45, 2.75) is 78.2 Å². The lowest BCUT2D eigenvalue weighted by molar-refractivity contribution is 0.0968. The first-order valence-electron chi connectivity index (χ1n) is 9.15. The Morgan fingerprint density at radius 1 is 1.29 bits per heavy atom. The zero-order chi connectivity index (χ0) is 18.2. The molecule has 0 heterocycles. The van der Waals surface area contributed by atoms with Crippen LogP contribution in [0.2, 0.25) is 5.02 Å². The van der Waals surface area contributed by atoms with Crippen LogP contribution in [0.3, 0.4) is 0 Å². The molecule has 1 nitrogen and oxygen atoms in total. The van der Waals surface area contributed by atoms with Gasteiger partial charge in [-0.05, 0) is 68.9 Å². The van der Waals surface area contributed by atoms with Crippen LogP contribution < -0.4 is 4.74 Å². The lowest BCUT2D eigenvalue weighted by Gasteiger charge is -2.33. The monoisotopic (exact) mass is 348 g/mol. The fraction of sp³-hybridized carbons (Fsp3) is 0.545. The summed E-state index contributed by atoms with van der Waals surface area (Å²) in [6, 6.07) is 5.99. The van der Waals surface area contributed by atoms with E-state index in [9.17, 15) is 0 Å². The summed E-state index contributed by atoms with van der Waals surface area (Å²) in [5.41, 5.74) is 2.27. The van der Waals surface area contributed by atoms with Crippen LogP contribution >= 0.6 is 11.6 Å². The molecule has 2 heteroatoms. The van der Waals surface area contributed by atoms with E-state index in [2.05, 4.69) is 53.3 Å². The van der Waals surface area contributed by atoms with Gasteiger partial charge in [0.15, 0.2) is 0 Å². The third-order valence-electron chi connectivity index (χ3n) is 4.66. The Balaban J connectivity index is 3.20. The van der Waals surface area contributed by atoms with E-state index in [-0.39, 0.29) is 5.60 Å². The second-order valence-corrected chi connectivity index (χ2v) is 7.23. The van der Waals surface area contributed by atoms with Gasteiger partial charge in [0.25, 0.3) is 0 Å². The molecule has 0 spiro atoms. The summed E-state index contributed by atoms with van der Waals surface area (Å²) in [4.78, 5) is 0. The zero-order valence-corrected chi connectivity index (χ0v) is 16.7. The molecule has 0 aliphatic rings. The average Bonchev–Trinajstić information content (AvgIpc) is 2.56. The maximum Gasteiger partial charge on any atom is 0.127 e. The molecule has 0 amide bonds. The van der Waals surface area contributed by atoms with E-state index in [1.165, 1.54) is 11.1 Å². The molecular weight excluding hydrogens is 316 g/mol. The highest BCUT2D eigenvalue weighted by atomic mass is 35.5. The molecule has 0 bridgehead atoms. The molecule has 0 fully saturated rings. The van der Waals surface area contributed by atoms with E-state index in [4.69, 9.17) is 16.3 Å². The molecule has 1 aromatic rings. The third kappa shape index (κ3) is 5.70. The topological polar surface area (TPSA) is 9.23 Å². The molecule has 0 aliphatic carbocycles. The molecule has 24 heavy (non-hydrogen) atoms. The van der Waals surface area contributed by atoms with Crippen molar-refractivity contribution in [1.29, 1.82) is 0 Å². The minimum absolute atomic E-state index is 0.290. The van der Waals surface area contributed by atoms with Gasteiger partial charge in [0.1, 0.15) is 11.4 Å². The van der Waals surface area contributed by atoms with Gasteiger partial charge < -0.3 is 4.74 Å². The summed E-state index contributed by atoms with van der Waals surface area (Å²) >= 11 is 6.27. The van der Waals surface area contributed by atoms with E-state index in [1.54, 1.807) is 0 Å². The van der Waals surface area contributed by atoms with Crippen molar-refractivity contribution < 1.29 is 4.74 Å². The molecule has 1 atom stereocenters. The van der Waals surface area contributed by atoms with Crippen LogP contribution in [0.4, 0.5) is 0 Å². The van der Waals surface area contributed by atoms with Gasteiger partial charge in [0.05, 0.1) is 0 Å². The number of halogens is 1. The Bertz CT molecular complexity index is 553. The highest BCUT2D eigenvalue weighted by molar-refractivity contribution is 6.30. The summed E-state index contributed by atoms with van der Waals surface area (Å²) in [7, 11) is 0. The number of benzene rings is 1. The van der Waals surface area contributed by atoms with Crippen molar-refractivity contribution in [2.24, 2.45) is 0 Å². The second-order valence-electron chi connectivity index (χ2n) is 6.79. The van der Waals surface area contributed by atoms with Gasteiger partial charge in [-0.25, -0.2) is 0 Å². The molecular formula is C22H33ClO. The van der Waals surface area contributed by atoms with Gasteiger partial charge in [-0.3, -0.25) is 0 Å². The van der Waals surface area contributed by atoms with Crippen molar-refractivity contribution in [3.63, 3.8) is 0 Å². The summed E-state index contributed by atoms with van der Waals surface area (Å²) in [6.07, 6.45) is 9.27. The van der Waals surface area contributed by atoms with Crippen LogP contribution in [-0.4, -0.2) is 5.60 Å². The van der Waals surface area contributed by atoms with Crippen LogP contribution in [0.25, 0.3) is 0 Å². The first-order chi connectivity index (χ1) is 11.4. The predicted octanol–water partition coefficient (Wildman–Crippen LogP) is 7.70. The van der Waals surface area contributed by atoms with Gasteiger partial charge in [-0.15, -0.1) is 0 Å². The predicted molar refractivity (Wildman–Crippen MR) is 107 cm³/mol. The highest BCUT2D eigenvalue weighted by Crippen LogP contribution is 2.37. The van der Waals surface area contributed by atoms with Gasteiger partial charge >= 0.3 is 0 Å². The van der Waals surface area contributed by atoms with Gasteiger partial charge in [0, 0.05) is 5.02 Å². The number of hydrogen-bond acceptors (Lipinski definition) is 1. The van der Waals surface area contributed by atoms with Crippen molar-refractivity contribution in [2.75, 3.05) is 0 Å². The third-order valence-corrected chi connectivity index (χ3v) is 4.89. The smallest absolute Gasteiger partial charge is 0.127 e. The van der Waals surface area contributed by atoms with Gasteiger partial charge in [-0.2, -0.15) is 0 Å². The molecule has 0 saturated carbocycles. The van der Waals surface area contributed by atoms with Crippen LogP contribution in [0.5, 0.6) is 5.75 Å². The van der Waals surface area contributed by atoms with Crippen LogP contribution in [0.1, 0.15) is 78.2 Å². The van der Waals surface area contributed by atoms with Crippen molar-refractivity contribution in [3.8, 4) is 5.75 Å². The lowest BCUT2D eigenvalue weighted by atomic mass is 9.90. The molecule has 0 aromatic heterocycles. The van der Waals surface area contributed by atoms with E-state index in [0.29, 0.717) is 5.92 Å². The number of ether oxygens (including phenoxy) is 1. The fourth-order valence-electron chi connectivity index (χ4n) is 3.25. The van der Waals surface area contributed by atoms with E-state index in [1.807, 2.05) is 18.2 Å². The summed E-state index contributed by atoms with van der Waals surface area (Å²) in [5.74, 6) is 1.30. The molecule has 0 radical (unpaired) electrons. The number of rotatable bonds is 10. The number of hydrogen-bond donors (Lipinski definition) is 0. The minimum Gasteiger partial charge on any atom is -0.483 e. The minimum atomic E-state index is -0.290. The summed E-state index contributed by atoms with van der Waals surface area (Å²) in [5, 5.41) is 0.762. The molecule has 0 aliphatic heterocycles. The Hall–Kier alpha value is -1.21. The highest BCUT2D eigenvalue weighted by Gasteiger charge is 2.28. The first kappa shape index (κ1) is 20.8. The van der Waals surface area contributed by atoms with Crippen molar-refractivity contribution in [1.82, 2.24) is 0 Å². The van der Waals surface area contributed by atoms with Crippen molar-refractivity contribution in [3.05, 3.63) is 53.1 Å². The molecule has 1 aromatic carbocycles. The van der Waals surface area contributed by atoms with Crippen molar-refractivity contribution >= 4 is 11.6 Å². The normalized spacial score (nSPS) is 13.7. The van der Waals surface area contributed by atoms with Gasteiger partial charge in [-0.1, -0.05) is 63.4 Å². The first-order valence-corrected chi connectivity index (χ1v) is 9.53. The van der Waals surface area contributed by atoms with E-state index >= 15 is 0 Å². The Morgan fingerprint density at radius 2 is 1.92 bits per heavy atom. The van der Waals surface area contributed by atoms with E-state index in [0.717, 1.165) is 42.9 Å². The fourth-order valence-corrected chi connectivity index (χ4v) is 3.43. The SMILES string of the molecule is C=CC(CCC)(CCC)Oc1ccc(Cl)cc1C(C)C/C(C)=C/C. The maximum atomic E-state index is 6.56. The van der Waals surface area contributed by atoms with E-state index < -0.39 is 0 Å².